The van der Waals surface area contributed by atoms with E-state index in [1.54, 1.807) is 17.6 Å². The number of carbonyl (C=O) groups is 1. The Bertz CT molecular complexity index is 878. The number of nitrogens with one attached hydrogen (secondary N) is 1. The molecule has 1 N–H and O–H groups in total. The second-order valence-electron chi connectivity index (χ2n) is 5.42. The van der Waals surface area contributed by atoms with Gasteiger partial charge in [-0.1, -0.05) is 0 Å². The molecule has 128 valence electrons. The van der Waals surface area contributed by atoms with Crippen molar-refractivity contribution in [1.29, 1.82) is 0 Å². The van der Waals surface area contributed by atoms with E-state index < -0.39 is 23.0 Å². The number of fused-ring (bicyclic) bond motifs is 3. The highest BCUT2D eigenvalue weighted by molar-refractivity contribution is 9.10. The van der Waals surface area contributed by atoms with Gasteiger partial charge >= 0.3 is 17.8 Å². The Morgan fingerprint density at radius 1 is 1.54 bits per heavy atom. The Morgan fingerprint density at radius 2 is 2.21 bits per heavy atom. The number of rotatable bonds is 2. The van der Waals surface area contributed by atoms with Crippen LogP contribution in [0.4, 0.5) is 18.9 Å². The lowest BCUT2D eigenvalue weighted by molar-refractivity contribution is -0.384. The van der Waals surface area contributed by atoms with Gasteiger partial charge in [0.2, 0.25) is 0 Å². The molecule has 0 saturated heterocycles. The molecule has 2 aromatic rings. The lowest BCUT2D eigenvalue weighted by atomic mass is 10.2. The summed E-state index contributed by atoms with van der Waals surface area (Å²) in [6.07, 6.45) is -4.76. The summed E-state index contributed by atoms with van der Waals surface area (Å²) in [6, 6.07) is 0.738. The molecule has 0 fully saturated rings. The van der Waals surface area contributed by atoms with Crippen molar-refractivity contribution in [2.24, 2.45) is 0 Å². The van der Waals surface area contributed by atoms with Crippen LogP contribution in [0.1, 0.15) is 23.9 Å². The zero-order valence-corrected chi connectivity index (χ0v) is 13.7. The van der Waals surface area contributed by atoms with Gasteiger partial charge in [0.15, 0.2) is 5.52 Å². The highest BCUT2D eigenvalue weighted by Gasteiger charge is 2.42. The normalized spacial score (nSPS) is 17.1. The Kier molecular flexibility index (Phi) is 3.78. The third-order valence-corrected chi connectivity index (χ3v) is 4.87. The molecule has 0 unspecified atom stereocenters. The molecule has 24 heavy (non-hydrogen) atoms. The zero-order valence-electron chi connectivity index (χ0n) is 12.1. The molecule has 0 radical (unpaired) electrons. The summed E-state index contributed by atoms with van der Waals surface area (Å²) in [4.78, 5) is 26.0. The number of imidazole rings is 1. The SMILES string of the molecule is Cc1cc2c(nc3n2CC[C@H]3NC(=O)C(F)(F)F)c([N+](=O)[O-])c1Br. The van der Waals surface area contributed by atoms with Gasteiger partial charge in [0.1, 0.15) is 10.3 Å². The van der Waals surface area contributed by atoms with E-state index in [2.05, 4.69) is 20.9 Å². The van der Waals surface area contributed by atoms with Crippen LogP contribution in [-0.2, 0) is 11.3 Å². The molecule has 11 heteroatoms. The third kappa shape index (κ3) is 2.52. The van der Waals surface area contributed by atoms with Crippen LogP contribution in [-0.4, -0.2) is 26.6 Å². The standard InChI is InChI=1S/C13H10BrF3N4O3/c1-5-4-7-9(10(8(5)14)21(23)24)19-11-6(2-3-20(7)11)18-12(22)13(15,16)17/h4,6H,2-3H2,1H3,(H,18,22)/t6-/m1/s1. The number of nitro groups is 1. The Labute approximate surface area is 141 Å². The van der Waals surface area contributed by atoms with Gasteiger partial charge in [0.25, 0.3) is 0 Å². The van der Waals surface area contributed by atoms with E-state index >= 15 is 0 Å². The van der Waals surface area contributed by atoms with Crippen molar-refractivity contribution in [3.63, 3.8) is 0 Å². The first-order chi connectivity index (χ1) is 11.1. The van der Waals surface area contributed by atoms with Crippen LogP contribution >= 0.6 is 15.9 Å². The van der Waals surface area contributed by atoms with E-state index in [1.807, 2.05) is 5.32 Å². The van der Waals surface area contributed by atoms with E-state index in [1.165, 1.54) is 0 Å². The summed E-state index contributed by atoms with van der Waals surface area (Å²) in [5.74, 6) is -1.87. The summed E-state index contributed by atoms with van der Waals surface area (Å²) in [5.41, 5.74) is 0.909. The largest absolute Gasteiger partial charge is 0.471 e. The zero-order chi connectivity index (χ0) is 17.8. The first-order valence-corrected chi connectivity index (χ1v) is 7.62. The van der Waals surface area contributed by atoms with E-state index in [-0.39, 0.29) is 27.9 Å². The monoisotopic (exact) mass is 406 g/mol. The Morgan fingerprint density at radius 3 is 2.79 bits per heavy atom. The van der Waals surface area contributed by atoms with Crippen LogP contribution in [0.25, 0.3) is 11.0 Å². The lowest BCUT2D eigenvalue weighted by Gasteiger charge is -2.12. The van der Waals surface area contributed by atoms with Gasteiger partial charge in [-0.25, -0.2) is 4.98 Å². The number of alkyl halides is 3. The summed E-state index contributed by atoms with van der Waals surface area (Å²) in [6.45, 7) is 1.99. The first kappa shape index (κ1) is 16.7. The predicted octanol–water partition coefficient (Wildman–Crippen LogP) is 3.14. The number of aromatic nitrogens is 2. The second-order valence-corrected chi connectivity index (χ2v) is 6.21. The second kappa shape index (κ2) is 5.43. The van der Waals surface area contributed by atoms with Crippen molar-refractivity contribution < 1.29 is 22.9 Å². The van der Waals surface area contributed by atoms with Crippen LogP contribution in [0, 0.1) is 17.0 Å². The molecule has 1 aromatic heterocycles. The number of aryl methyl sites for hydroxylation is 2. The van der Waals surface area contributed by atoms with Crippen LogP contribution < -0.4 is 5.32 Å². The number of benzene rings is 1. The molecule has 1 aliphatic heterocycles. The van der Waals surface area contributed by atoms with E-state index in [9.17, 15) is 28.1 Å². The van der Waals surface area contributed by atoms with Crippen LogP contribution in [0.5, 0.6) is 0 Å². The molecule has 1 amide bonds. The maximum absolute atomic E-state index is 12.4. The van der Waals surface area contributed by atoms with Crippen molar-refractivity contribution in [2.45, 2.75) is 32.1 Å². The van der Waals surface area contributed by atoms with Gasteiger partial charge in [-0.3, -0.25) is 14.9 Å². The summed E-state index contributed by atoms with van der Waals surface area (Å²) < 4.78 is 39.1. The minimum Gasteiger partial charge on any atom is -0.338 e. The minimum atomic E-state index is -4.99. The van der Waals surface area contributed by atoms with Gasteiger partial charge in [0.05, 0.1) is 16.5 Å². The van der Waals surface area contributed by atoms with E-state index in [0.29, 0.717) is 17.6 Å². The summed E-state index contributed by atoms with van der Waals surface area (Å²) in [7, 11) is 0. The van der Waals surface area contributed by atoms with Crippen molar-refractivity contribution in [3.05, 3.63) is 32.0 Å². The number of hydrogen-bond acceptors (Lipinski definition) is 4. The molecule has 0 spiro atoms. The van der Waals surface area contributed by atoms with Gasteiger partial charge in [-0.2, -0.15) is 13.2 Å². The molecular formula is C13H10BrF3N4O3. The number of hydrogen-bond donors (Lipinski definition) is 1. The Hall–Kier alpha value is -2.17. The van der Waals surface area contributed by atoms with Crippen LogP contribution in [0.2, 0.25) is 0 Å². The van der Waals surface area contributed by atoms with Crippen molar-refractivity contribution >= 4 is 38.6 Å². The van der Waals surface area contributed by atoms with Gasteiger partial charge in [0, 0.05) is 6.54 Å². The maximum atomic E-state index is 12.4. The molecule has 3 rings (SSSR count). The number of nitrogens with zero attached hydrogens (tertiary/aromatic N) is 3. The molecule has 2 heterocycles. The number of carbonyl (C=O) groups excluding carboxylic acids is 1. The fourth-order valence-corrected chi connectivity index (χ4v) is 3.24. The number of halogens is 4. The van der Waals surface area contributed by atoms with Gasteiger partial charge in [-0.15, -0.1) is 0 Å². The first-order valence-electron chi connectivity index (χ1n) is 6.82. The third-order valence-electron chi connectivity index (χ3n) is 3.87. The molecule has 0 aliphatic carbocycles. The number of nitro benzene ring substituents is 1. The van der Waals surface area contributed by atoms with Crippen molar-refractivity contribution in [2.75, 3.05) is 0 Å². The highest BCUT2D eigenvalue weighted by atomic mass is 79.9. The summed E-state index contributed by atoms with van der Waals surface area (Å²) in [5, 5.41) is 13.2. The van der Waals surface area contributed by atoms with Gasteiger partial charge < -0.3 is 9.88 Å². The molecule has 1 aliphatic rings. The topological polar surface area (TPSA) is 90.1 Å². The molecule has 7 nitrogen and oxygen atoms in total. The quantitative estimate of drug-likeness (QED) is 0.612. The highest BCUT2D eigenvalue weighted by Crippen LogP contribution is 2.39. The fraction of sp³-hybridized carbons (Fsp3) is 0.385. The van der Waals surface area contributed by atoms with Crippen molar-refractivity contribution in [3.8, 4) is 0 Å². The average Bonchev–Trinajstić information content (AvgIpc) is 2.99. The minimum absolute atomic E-state index is 0.0819. The smallest absolute Gasteiger partial charge is 0.338 e. The van der Waals surface area contributed by atoms with E-state index in [4.69, 9.17) is 0 Å². The molecular weight excluding hydrogens is 397 g/mol. The fourth-order valence-electron chi connectivity index (χ4n) is 2.79. The van der Waals surface area contributed by atoms with Crippen LogP contribution in [0.3, 0.4) is 0 Å². The Balaban J connectivity index is 2.10. The summed E-state index contributed by atoms with van der Waals surface area (Å²) >= 11 is 3.15. The van der Waals surface area contributed by atoms with Gasteiger partial charge in [-0.05, 0) is 40.9 Å². The molecule has 1 aromatic carbocycles. The van der Waals surface area contributed by atoms with Crippen LogP contribution in [0.15, 0.2) is 10.5 Å². The molecule has 1 atom stereocenters. The lowest BCUT2D eigenvalue weighted by Crippen LogP contribution is -2.38. The van der Waals surface area contributed by atoms with Crippen molar-refractivity contribution in [1.82, 2.24) is 14.9 Å². The molecule has 0 saturated carbocycles. The van der Waals surface area contributed by atoms with E-state index in [0.717, 1.165) is 0 Å². The molecule has 0 bridgehead atoms. The average molecular weight is 407 g/mol. The maximum Gasteiger partial charge on any atom is 0.471 e. The number of amides is 1. The predicted molar refractivity (Wildman–Crippen MR) is 80.4 cm³/mol.